The van der Waals surface area contributed by atoms with E-state index in [9.17, 15) is 4.79 Å². The lowest BCUT2D eigenvalue weighted by molar-refractivity contribution is 0.0928. The van der Waals surface area contributed by atoms with E-state index in [1.807, 2.05) is 49.6 Å². The third-order valence-corrected chi connectivity index (χ3v) is 3.50. The minimum absolute atomic E-state index is 0.232. The van der Waals surface area contributed by atoms with E-state index in [0.717, 1.165) is 16.9 Å². The molecular formula is C15H18N6O. The molecule has 0 saturated carbocycles. The lowest BCUT2D eigenvalue weighted by Crippen LogP contribution is -2.29. The van der Waals surface area contributed by atoms with Gasteiger partial charge in [0.05, 0.1) is 17.1 Å². The Morgan fingerprint density at radius 2 is 2.05 bits per heavy atom. The number of rotatable bonds is 4. The number of para-hydroxylation sites is 2. The smallest absolute Gasteiger partial charge is 0.287 e. The maximum atomic E-state index is 12.3. The van der Waals surface area contributed by atoms with Crippen LogP contribution in [0.2, 0.25) is 0 Å². The second-order valence-corrected chi connectivity index (χ2v) is 5.49. The molecule has 0 spiro atoms. The molecule has 2 aromatic heterocycles. The third-order valence-electron chi connectivity index (χ3n) is 3.50. The van der Waals surface area contributed by atoms with Crippen LogP contribution in [0.1, 0.15) is 49.3 Å². The van der Waals surface area contributed by atoms with Crippen LogP contribution < -0.4 is 5.32 Å². The zero-order valence-corrected chi connectivity index (χ0v) is 12.7. The molecule has 3 aromatic rings. The van der Waals surface area contributed by atoms with E-state index in [1.165, 1.54) is 0 Å². The monoisotopic (exact) mass is 298 g/mol. The lowest BCUT2D eigenvalue weighted by Gasteiger charge is -2.16. The Balaban J connectivity index is 1.79. The predicted molar refractivity (Wildman–Crippen MR) is 82.4 cm³/mol. The number of amides is 1. The molecule has 7 nitrogen and oxygen atoms in total. The van der Waals surface area contributed by atoms with Gasteiger partial charge in [-0.25, -0.2) is 4.98 Å². The van der Waals surface area contributed by atoms with Crippen LogP contribution in [0.25, 0.3) is 11.0 Å². The molecule has 1 aromatic carbocycles. The molecule has 2 heterocycles. The molecule has 7 heteroatoms. The Morgan fingerprint density at radius 3 is 2.77 bits per heavy atom. The Kier molecular flexibility index (Phi) is 3.62. The zero-order valence-electron chi connectivity index (χ0n) is 12.7. The average molecular weight is 298 g/mol. The fourth-order valence-electron chi connectivity index (χ4n) is 2.35. The number of H-pyrrole nitrogens is 1. The first-order valence-corrected chi connectivity index (χ1v) is 7.21. The molecule has 0 radical (unpaired) electrons. The fraction of sp³-hybridized carbons (Fsp3) is 0.333. The number of carbonyl (C=O) groups excluding carboxylic acids is 1. The SMILES string of the molecule is CC(C)n1cnnc1[C@@H](C)NC(=O)c1nc2ccccc2[nH]1. The third kappa shape index (κ3) is 2.57. The van der Waals surface area contributed by atoms with E-state index in [4.69, 9.17) is 0 Å². The van der Waals surface area contributed by atoms with Crippen molar-refractivity contribution in [1.29, 1.82) is 0 Å². The number of hydrogen-bond acceptors (Lipinski definition) is 4. The summed E-state index contributed by atoms with van der Waals surface area (Å²) in [6.07, 6.45) is 1.67. The first-order chi connectivity index (χ1) is 10.6. The normalized spacial score (nSPS) is 12.7. The minimum Gasteiger partial charge on any atom is -0.340 e. The summed E-state index contributed by atoms with van der Waals surface area (Å²) < 4.78 is 1.93. The summed E-state index contributed by atoms with van der Waals surface area (Å²) in [4.78, 5) is 19.7. The van der Waals surface area contributed by atoms with Gasteiger partial charge < -0.3 is 14.9 Å². The highest BCUT2D eigenvalue weighted by Crippen LogP contribution is 2.15. The van der Waals surface area contributed by atoms with E-state index < -0.39 is 0 Å². The standard InChI is InChI=1S/C15H18N6O/c1-9(2)21-8-16-20-14(21)10(3)17-15(22)13-18-11-6-4-5-7-12(11)19-13/h4-10H,1-3H3,(H,17,22)(H,18,19)/t10-/m1/s1. The molecule has 0 bridgehead atoms. The van der Waals surface area contributed by atoms with Crippen molar-refractivity contribution in [3.05, 3.63) is 42.2 Å². The number of imidazole rings is 1. The minimum atomic E-state index is -0.262. The van der Waals surface area contributed by atoms with Gasteiger partial charge >= 0.3 is 0 Å². The van der Waals surface area contributed by atoms with Crippen LogP contribution in [0, 0.1) is 0 Å². The van der Waals surface area contributed by atoms with Crippen molar-refractivity contribution in [3.63, 3.8) is 0 Å². The number of carbonyl (C=O) groups is 1. The van der Waals surface area contributed by atoms with Gasteiger partial charge in [-0.1, -0.05) is 12.1 Å². The molecule has 1 atom stereocenters. The van der Waals surface area contributed by atoms with Crippen molar-refractivity contribution >= 4 is 16.9 Å². The van der Waals surface area contributed by atoms with Crippen LogP contribution in [-0.2, 0) is 0 Å². The predicted octanol–water partition coefficient (Wildman–Crippen LogP) is 2.23. The maximum Gasteiger partial charge on any atom is 0.287 e. The number of fused-ring (bicyclic) bond motifs is 1. The molecule has 0 fully saturated rings. The van der Waals surface area contributed by atoms with E-state index in [0.29, 0.717) is 5.82 Å². The molecule has 0 aliphatic carbocycles. The molecule has 0 aliphatic rings. The van der Waals surface area contributed by atoms with Gasteiger partial charge in [-0.05, 0) is 32.9 Å². The van der Waals surface area contributed by atoms with Crippen LogP contribution in [0.4, 0.5) is 0 Å². The van der Waals surface area contributed by atoms with Crippen molar-refractivity contribution < 1.29 is 4.79 Å². The van der Waals surface area contributed by atoms with Crippen molar-refractivity contribution in [1.82, 2.24) is 30.0 Å². The second-order valence-electron chi connectivity index (χ2n) is 5.49. The molecule has 0 aliphatic heterocycles. The van der Waals surface area contributed by atoms with E-state index in [2.05, 4.69) is 25.5 Å². The number of aromatic nitrogens is 5. The summed E-state index contributed by atoms with van der Waals surface area (Å²) in [5.41, 5.74) is 1.61. The molecule has 2 N–H and O–H groups in total. The number of nitrogens with zero attached hydrogens (tertiary/aromatic N) is 4. The summed E-state index contributed by atoms with van der Waals surface area (Å²) >= 11 is 0. The van der Waals surface area contributed by atoms with Crippen molar-refractivity contribution in [3.8, 4) is 0 Å². The topological polar surface area (TPSA) is 88.5 Å². The highest BCUT2D eigenvalue weighted by atomic mass is 16.2. The highest BCUT2D eigenvalue weighted by molar-refractivity contribution is 5.94. The Bertz CT molecular complexity index is 770. The summed E-state index contributed by atoms with van der Waals surface area (Å²) in [5, 5.41) is 10.9. The molecule has 1 amide bonds. The van der Waals surface area contributed by atoms with E-state index in [-0.39, 0.29) is 18.0 Å². The first kappa shape index (κ1) is 14.2. The second kappa shape index (κ2) is 5.59. The summed E-state index contributed by atoms with van der Waals surface area (Å²) in [6.45, 7) is 5.96. The van der Waals surface area contributed by atoms with Crippen LogP contribution in [0.15, 0.2) is 30.6 Å². The number of hydrogen-bond donors (Lipinski definition) is 2. The Hall–Kier alpha value is -2.70. The van der Waals surface area contributed by atoms with Gasteiger partial charge in [0.2, 0.25) is 0 Å². The Labute approximate surface area is 127 Å². The van der Waals surface area contributed by atoms with Gasteiger partial charge in [-0.15, -0.1) is 10.2 Å². The summed E-state index contributed by atoms with van der Waals surface area (Å²) in [5.74, 6) is 0.755. The quantitative estimate of drug-likeness (QED) is 0.773. The van der Waals surface area contributed by atoms with Crippen molar-refractivity contribution in [2.24, 2.45) is 0 Å². The van der Waals surface area contributed by atoms with Gasteiger partial charge in [-0.3, -0.25) is 4.79 Å². The first-order valence-electron chi connectivity index (χ1n) is 7.21. The van der Waals surface area contributed by atoms with Gasteiger partial charge in [0.25, 0.3) is 5.91 Å². The molecule has 22 heavy (non-hydrogen) atoms. The lowest BCUT2D eigenvalue weighted by atomic mass is 10.2. The van der Waals surface area contributed by atoms with Gasteiger partial charge in [0.1, 0.15) is 6.33 Å². The molecular weight excluding hydrogens is 280 g/mol. The van der Waals surface area contributed by atoms with Gasteiger partial charge in [0.15, 0.2) is 11.6 Å². The van der Waals surface area contributed by atoms with Crippen LogP contribution in [0.3, 0.4) is 0 Å². The summed E-state index contributed by atoms with van der Waals surface area (Å²) in [7, 11) is 0. The maximum absolute atomic E-state index is 12.3. The summed E-state index contributed by atoms with van der Waals surface area (Å²) in [6, 6.07) is 7.51. The molecule has 0 saturated heterocycles. The van der Waals surface area contributed by atoms with Crippen molar-refractivity contribution in [2.75, 3.05) is 0 Å². The molecule has 3 rings (SSSR count). The van der Waals surface area contributed by atoms with Gasteiger partial charge in [0, 0.05) is 6.04 Å². The molecule has 0 unspecified atom stereocenters. The van der Waals surface area contributed by atoms with Crippen LogP contribution >= 0.6 is 0 Å². The van der Waals surface area contributed by atoms with Crippen LogP contribution in [-0.4, -0.2) is 30.6 Å². The van der Waals surface area contributed by atoms with E-state index in [1.54, 1.807) is 6.33 Å². The number of benzene rings is 1. The fourth-order valence-corrected chi connectivity index (χ4v) is 2.35. The largest absolute Gasteiger partial charge is 0.340 e. The van der Waals surface area contributed by atoms with E-state index >= 15 is 0 Å². The number of aromatic amines is 1. The van der Waals surface area contributed by atoms with Crippen LogP contribution in [0.5, 0.6) is 0 Å². The molecule has 114 valence electrons. The average Bonchev–Trinajstić information content (AvgIpc) is 3.13. The zero-order chi connectivity index (χ0) is 15.7. The number of nitrogens with one attached hydrogen (secondary N) is 2. The van der Waals surface area contributed by atoms with Gasteiger partial charge in [-0.2, -0.15) is 0 Å². The highest BCUT2D eigenvalue weighted by Gasteiger charge is 2.19. The van der Waals surface area contributed by atoms with Crippen molar-refractivity contribution in [2.45, 2.75) is 32.9 Å². The Morgan fingerprint density at radius 1 is 1.27 bits per heavy atom.